The molecule has 116 valence electrons. The summed E-state index contributed by atoms with van der Waals surface area (Å²) in [5.74, 6) is -0.575. The van der Waals surface area contributed by atoms with Gasteiger partial charge in [-0.05, 0) is 30.9 Å². The normalized spacial score (nSPS) is 12.8. The SMILES string of the molecule is CCC(C(=O)CC(C)(C)C)C(=O)N(CC)c1ccccc1. The number of amides is 1. The lowest BCUT2D eigenvalue weighted by molar-refractivity contribution is -0.133. The van der Waals surface area contributed by atoms with Crippen LogP contribution in [0.5, 0.6) is 0 Å². The zero-order valence-corrected chi connectivity index (χ0v) is 13.8. The van der Waals surface area contributed by atoms with Gasteiger partial charge in [0.2, 0.25) is 5.91 Å². The Morgan fingerprint density at radius 3 is 2.10 bits per heavy atom. The number of ketones is 1. The van der Waals surface area contributed by atoms with Gasteiger partial charge in [0.1, 0.15) is 5.78 Å². The van der Waals surface area contributed by atoms with Crippen molar-refractivity contribution in [1.82, 2.24) is 0 Å². The highest BCUT2D eigenvalue weighted by Gasteiger charge is 2.31. The number of carbonyl (C=O) groups excluding carboxylic acids is 2. The molecule has 1 rings (SSSR count). The summed E-state index contributed by atoms with van der Waals surface area (Å²) < 4.78 is 0. The predicted octanol–water partition coefficient (Wildman–Crippen LogP) is 4.07. The van der Waals surface area contributed by atoms with Gasteiger partial charge in [-0.15, -0.1) is 0 Å². The molecule has 0 radical (unpaired) electrons. The number of hydrogen-bond acceptors (Lipinski definition) is 2. The van der Waals surface area contributed by atoms with E-state index in [1.807, 2.05) is 65.0 Å². The first-order valence-corrected chi connectivity index (χ1v) is 7.69. The molecule has 0 bridgehead atoms. The van der Waals surface area contributed by atoms with E-state index in [9.17, 15) is 9.59 Å². The van der Waals surface area contributed by atoms with Crippen LogP contribution in [-0.2, 0) is 9.59 Å². The van der Waals surface area contributed by atoms with Crippen LogP contribution in [0, 0.1) is 11.3 Å². The van der Waals surface area contributed by atoms with Gasteiger partial charge in [-0.3, -0.25) is 9.59 Å². The van der Waals surface area contributed by atoms with Crippen molar-refractivity contribution in [2.24, 2.45) is 11.3 Å². The number of carbonyl (C=O) groups is 2. The van der Waals surface area contributed by atoms with Gasteiger partial charge in [0.25, 0.3) is 0 Å². The number of hydrogen-bond donors (Lipinski definition) is 0. The van der Waals surface area contributed by atoms with E-state index in [1.165, 1.54) is 0 Å². The molecule has 0 aliphatic heterocycles. The lowest BCUT2D eigenvalue weighted by Gasteiger charge is -2.27. The highest BCUT2D eigenvalue weighted by atomic mass is 16.2. The van der Waals surface area contributed by atoms with Crippen LogP contribution in [0.25, 0.3) is 0 Å². The Bertz CT molecular complexity index is 474. The highest BCUT2D eigenvalue weighted by molar-refractivity contribution is 6.08. The fraction of sp³-hybridized carbons (Fsp3) is 0.556. The largest absolute Gasteiger partial charge is 0.312 e. The van der Waals surface area contributed by atoms with E-state index < -0.39 is 5.92 Å². The zero-order chi connectivity index (χ0) is 16.0. The molecule has 0 saturated heterocycles. The number of Topliss-reactive ketones (excluding diaryl/α,β-unsaturated/α-hetero) is 1. The molecule has 0 spiro atoms. The first kappa shape index (κ1) is 17.4. The molecule has 0 aromatic heterocycles. The summed E-state index contributed by atoms with van der Waals surface area (Å²) in [5.41, 5.74) is 0.765. The quantitative estimate of drug-likeness (QED) is 0.740. The van der Waals surface area contributed by atoms with Crippen molar-refractivity contribution in [3.8, 4) is 0 Å². The monoisotopic (exact) mass is 289 g/mol. The van der Waals surface area contributed by atoms with Crippen LogP contribution in [0.2, 0.25) is 0 Å². The molecule has 3 nitrogen and oxygen atoms in total. The fourth-order valence-corrected chi connectivity index (χ4v) is 2.45. The molecule has 0 aliphatic rings. The standard InChI is InChI=1S/C18H27NO2/c1-6-15(16(20)13-18(3,4)5)17(21)19(7-2)14-11-9-8-10-12-14/h8-12,15H,6-7,13H2,1-5H3. The predicted molar refractivity (Wildman–Crippen MR) is 87.3 cm³/mol. The smallest absolute Gasteiger partial charge is 0.237 e. The van der Waals surface area contributed by atoms with Gasteiger partial charge in [-0.2, -0.15) is 0 Å². The average Bonchev–Trinajstić information content (AvgIpc) is 2.39. The second kappa shape index (κ2) is 7.39. The molecule has 0 heterocycles. The van der Waals surface area contributed by atoms with E-state index in [0.717, 1.165) is 5.69 Å². The summed E-state index contributed by atoms with van der Waals surface area (Å²) in [6.45, 7) is 10.5. The van der Waals surface area contributed by atoms with Gasteiger partial charge in [0, 0.05) is 18.7 Å². The van der Waals surface area contributed by atoms with Gasteiger partial charge in [-0.25, -0.2) is 0 Å². The van der Waals surface area contributed by atoms with Crippen LogP contribution >= 0.6 is 0 Å². The second-order valence-electron chi connectivity index (χ2n) is 6.58. The van der Waals surface area contributed by atoms with Crippen LogP contribution in [0.1, 0.15) is 47.5 Å². The molecule has 21 heavy (non-hydrogen) atoms. The molecule has 0 fully saturated rings. The molecule has 1 aromatic rings. The summed E-state index contributed by atoms with van der Waals surface area (Å²) in [6, 6.07) is 9.54. The maximum atomic E-state index is 12.7. The van der Waals surface area contributed by atoms with Crippen molar-refractivity contribution in [3.63, 3.8) is 0 Å². The van der Waals surface area contributed by atoms with E-state index in [4.69, 9.17) is 0 Å². The molecule has 3 heteroatoms. The third kappa shape index (κ3) is 5.00. The van der Waals surface area contributed by atoms with Crippen LogP contribution < -0.4 is 4.90 Å². The van der Waals surface area contributed by atoms with Crippen molar-refractivity contribution in [1.29, 1.82) is 0 Å². The molecule has 0 N–H and O–H groups in total. The van der Waals surface area contributed by atoms with Crippen LogP contribution in [0.4, 0.5) is 5.69 Å². The number of rotatable bonds is 6. The van der Waals surface area contributed by atoms with E-state index in [2.05, 4.69) is 0 Å². The van der Waals surface area contributed by atoms with Gasteiger partial charge in [0.05, 0.1) is 5.92 Å². The Hall–Kier alpha value is -1.64. The van der Waals surface area contributed by atoms with Gasteiger partial charge in [0.15, 0.2) is 0 Å². The van der Waals surface area contributed by atoms with Crippen molar-refractivity contribution in [3.05, 3.63) is 30.3 Å². The maximum Gasteiger partial charge on any atom is 0.237 e. The molecule has 0 saturated carbocycles. The van der Waals surface area contributed by atoms with Gasteiger partial charge < -0.3 is 4.90 Å². The van der Waals surface area contributed by atoms with E-state index in [0.29, 0.717) is 19.4 Å². The first-order chi connectivity index (χ1) is 9.80. The van der Waals surface area contributed by atoms with Crippen LogP contribution in [-0.4, -0.2) is 18.2 Å². The third-order valence-electron chi connectivity index (χ3n) is 3.45. The Kier molecular flexibility index (Phi) is 6.13. The number of nitrogens with zero attached hydrogens (tertiary/aromatic N) is 1. The topological polar surface area (TPSA) is 37.4 Å². The van der Waals surface area contributed by atoms with Crippen molar-refractivity contribution in [2.45, 2.75) is 47.5 Å². The highest BCUT2D eigenvalue weighted by Crippen LogP contribution is 2.25. The first-order valence-electron chi connectivity index (χ1n) is 7.69. The molecule has 1 atom stereocenters. The van der Waals surface area contributed by atoms with Crippen molar-refractivity contribution in [2.75, 3.05) is 11.4 Å². The zero-order valence-electron chi connectivity index (χ0n) is 13.8. The minimum Gasteiger partial charge on any atom is -0.312 e. The minimum absolute atomic E-state index is 0.0457. The molecular formula is C18H27NO2. The minimum atomic E-state index is -0.538. The summed E-state index contributed by atoms with van der Waals surface area (Å²) in [7, 11) is 0. The molecule has 1 unspecified atom stereocenters. The van der Waals surface area contributed by atoms with E-state index >= 15 is 0 Å². The van der Waals surface area contributed by atoms with E-state index in [-0.39, 0.29) is 17.1 Å². The lowest BCUT2D eigenvalue weighted by atomic mass is 9.84. The van der Waals surface area contributed by atoms with Crippen LogP contribution in [0.15, 0.2) is 30.3 Å². The van der Waals surface area contributed by atoms with Crippen LogP contribution in [0.3, 0.4) is 0 Å². The molecule has 1 aromatic carbocycles. The Morgan fingerprint density at radius 1 is 1.10 bits per heavy atom. The molecule has 0 aliphatic carbocycles. The number of para-hydroxylation sites is 1. The maximum absolute atomic E-state index is 12.7. The molecular weight excluding hydrogens is 262 g/mol. The number of benzene rings is 1. The van der Waals surface area contributed by atoms with Crippen molar-refractivity contribution < 1.29 is 9.59 Å². The molecule has 1 amide bonds. The Labute approximate surface area is 128 Å². The average molecular weight is 289 g/mol. The summed E-state index contributed by atoms with van der Waals surface area (Å²) in [5, 5.41) is 0. The van der Waals surface area contributed by atoms with Crippen molar-refractivity contribution >= 4 is 17.4 Å². The summed E-state index contributed by atoms with van der Waals surface area (Å²) in [6.07, 6.45) is 0.987. The second-order valence-corrected chi connectivity index (χ2v) is 6.58. The Balaban J connectivity index is 2.94. The lowest BCUT2D eigenvalue weighted by Crippen LogP contribution is -2.40. The van der Waals surface area contributed by atoms with Gasteiger partial charge >= 0.3 is 0 Å². The van der Waals surface area contributed by atoms with Gasteiger partial charge in [-0.1, -0.05) is 45.9 Å². The summed E-state index contributed by atoms with van der Waals surface area (Å²) in [4.78, 5) is 26.9. The fourth-order valence-electron chi connectivity index (χ4n) is 2.45. The van der Waals surface area contributed by atoms with E-state index in [1.54, 1.807) is 4.90 Å². The third-order valence-corrected chi connectivity index (χ3v) is 3.45. The Morgan fingerprint density at radius 2 is 1.67 bits per heavy atom. The summed E-state index contributed by atoms with van der Waals surface area (Å²) >= 11 is 0. The number of anilines is 1.